The lowest BCUT2D eigenvalue weighted by molar-refractivity contribution is -0.136. The van der Waals surface area contributed by atoms with Gasteiger partial charge in [-0.05, 0) is 23.8 Å². The largest absolute Gasteiger partial charge is 0.454 e. The molecule has 4 heteroatoms. The van der Waals surface area contributed by atoms with Crippen LogP contribution in [0.4, 0.5) is 0 Å². The molecule has 0 fully saturated rings. The molecule has 2 aromatic carbocycles. The van der Waals surface area contributed by atoms with Crippen LogP contribution in [0.1, 0.15) is 16.1 Å². The molecule has 1 aromatic heterocycles. The Morgan fingerprint density at radius 2 is 1.74 bits per heavy atom. The summed E-state index contributed by atoms with van der Waals surface area (Å²) in [5, 5.41) is 0.839. The molecule has 3 rings (SSSR count). The second kappa shape index (κ2) is 6.75. The van der Waals surface area contributed by atoms with E-state index < -0.39 is 5.97 Å². The van der Waals surface area contributed by atoms with E-state index in [1.54, 1.807) is 18.2 Å². The van der Waals surface area contributed by atoms with Crippen LogP contribution in [-0.4, -0.2) is 18.4 Å². The molecule has 114 valence electrons. The van der Waals surface area contributed by atoms with Gasteiger partial charge in [0.1, 0.15) is 5.58 Å². The van der Waals surface area contributed by atoms with Crippen LogP contribution in [0.25, 0.3) is 17.0 Å². The molecule has 0 unspecified atom stereocenters. The second-order valence-corrected chi connectivity index (χ2v) is 4.92. The van der Waals surface area contributed by atoms with Gasteiger partial charge in [-0.15, -0.1) is 0 Å². The van der Waals surface area contributed by atoms with E-state index in [0.717, 1.165) is 10.9 Å². The van der Waals surface area contributed by atoms with Crippen LogP contribution >= 0.6 is 0 Å². The number of hydrogen-bond donors (Lipinski definition) is 0. The van der Waals surface area contributed by atoms with Crippen molar-refractivity contribution in [3.8, 4) is 0 Å². The summed E-state index contributed by atoms with van der Waals surface area (Å²) in [6.45, 7) is -0.349. The minimum atomic E-state index is -0.571. The van der Waals surface area contributed by atoms with E-state index in [0.29, 0.717) is 5.58 Å². The van der Waals surface area contributed by atoms with E-state index in [-0.39, 0.29) is 18.2 Å². The van der Waals surface area contributed by atoms with E-state index in [4.69, 9.17) is 9.15 Å². The van der Waals surface area contributed by atoms with Gasteiger partial charge in [-0.3, -0.25) is 4.79 Å². The average Bonchev–Trinajstić information content (AvgIpc) is 3.03. The lowest BCUT2D eigenvalue weighted by Crippen LogP contribution is -2.11. The van der Waals surface area contributed by atoms with Crippen LogP contribution in [0, 0.1) is 0 Å². The fourth-order valence-electron chi connectivity index (χ4n) is 2.10. The van der Waals surface area contributed by atoms with Crippen LogP contribution in [0.5, 0.6) is 0 Å². The Bertz CT molecular complexity index is 826. The number of carbonyl (C=O) groups is 2. The van der Waals surface area contributed by atoms with Crippen LogP contribution in [0.2, 0.25) is 0 Å². The number of carbonyl (C=O) groups excluding carboxylic acids is 2. The molecule has 0 amide bonds. The summed E-state index contributed by atoms with van der Waals surface area (Å²) in [6, 6.07) is 18.3. The van der Waals surface area contributed by atoms with Crippen molar-refractivity contribution in [1.29, 1.82) is 0 Å². The van der Waals surface area contributed by atoms with Gasteiger partial charge in [0.25, 0.3) is 0 Å². The van der Waals surface area contributed by atoms with E-state index in [2.05, 4.69) is 0 Å². The Kier molecular flexibility index (Phi) is 4.34. The third-order valence-electron chi connectivity index (χ3n) is 3.26. The molecule has 0 aliphatic rings. The summed E-state index contributed by atoms with van der Waals surface area (Å²) in [5.74, 6) is -0.757. The van der Waals surface area contributed by atoms with Gasteiger partial charge in [-0.1, -0.05) is 48.5 Å². The molecule has 0 radical (unpaired) electrons. The lowest BCUT2D eigenvalue weighted by Gasteiger charge is -1.99. The Balaban J connectivity index is 1.58. The first-order valence-corrected chi connectivity index (χ1v) is 7.14. The van der Waals surface area contributed by atoms with Gasteiger partial charge < -0.3 is 9.15 Å². The highest BCUT2D eigenvalue weighted by Crippen LogP contribution is 2.19. The number of ketones is 1. The Hall–Kier alpha value is -3.14. The van der Waals surface area contributed by atoms with Crippen molar-refractivity contribution in [3.63, 3.8) is 0 Å². The molecule has 0 aliphatic heterocycles. The minimum absolute atomic E-state index is 0.186. The molecule has 0 aliphatic carbocycles. The summed E-state index contributed by atoms with van der Waals surface area (Å²) < 4.78 is 10.4. The zero-order valence-corrected chi connectivity index (χ0v) is 12.3. The highest BCUT2D eigenvalue weighted by Gasteiger charge is 2.13. The third-order valence-corrected chi connectivity index (χ3v) is 3.26. The number of fused-ring (bicyclic) bond motifs is 1. The molecular formula is C19H14O4. The SMILES string of the molecule is O=C(/C=C/c1ccccc1)OCC(=O)c1cc2ccccc2o1. The van der Waals surface area contributed by atoms with E-state index >= 15 is 0 Å². The van der Waals surface area contributed by atoms with Crippen molar-refractivity contribution in [1.82, 2.24) is 0 Å². The van der Waals surface area contributed by atoms with Crippen molar-refractivity contribution >= 4 is 28.8 Å². The average molecular weight is 306 g/mol. The maximum absolute atomic E-state index is 12.0. The normalized spacial score (nSPS) is 11.0. The Labute approximate surface area is 133 Å². The van der Waals surface area contributed by atoms with Crippen LogP contribution in [-0.2, 0) is 9.53 Å². The first-order chi connectivity index (χ1) is 11.2. The summed E-state index contributed by atoms with van der Waals surface area (Å²) in [6.07, 6.45) is 2.93. The maximum atomic E-state index is 12.0. The van der Waals surface area contributed by atoms with Crippen LogP contribution in [0.3, 0.4) is 0 Å². The quantitative estimate of drug-likeness (QED) is 0.408. The predicted molar refractivity (Wildman–Crippen MR) is 87.0 cm³/mol. The molecular weight excluding hydrogens is 292 g/mol. The zero-order valence-electron chi connectivity index (χ0n) is 12.3. The summed E-state index contributed by atoms with van der Waals surface area (Å²) >= 11 is 0. The molecule has 0 spiro atoms. The van der Waals surface area contributed by atoms with Gasteiger partial charge in [-0.2, -0.15) is 0 Å². The van der Waals surface area contributed by atoms with Gasteiger partial charge in [0.2, 0.25) is 5.78 Å². The van der Waals surface area contributed by atoms with Crippen LogP contribution < -0.4 is 0 Å². The topological polar surface area (TPSA) is 56.5 Å². The number of Topliss-reactive ketones (excluding diaryl/α,β-unsaturated/α-hetero) is 1. The molecule has 3 aromatic rings. The fourth-order valence-corrected chi connectivity index (χ4v) is 2.10. The minimum Gasteiger partial charge on any atom is -0.454 e. The maximum Gasteiger partial charge on any atom is 0.331 e. The molecule has 0 saturated heterocycles. The highest BCUT2D eigenvalue weighted by atomic mass is 16.5. The van der Waals surface area contributed by atoms with E-state index in [1.807, 2.05) is 48.5 Å². The zero-order chi connectivity index (χ0) is 16.1. The highest BCUT2D eigenvalue weighted by molar-refractivity contribution is 5.99. The third kappa shape index (κ3) is 3.74. The first-order valence-electron chi connectivity index (χ1n) is 7.14. The van der Waals surface area contributed by atoms with Crippen molar-refractivity contribution in [2.45, 2.75) is 0 Å². The molecule has 0 bridgehead atoms. The summed E-state index contributed by atoms with van der Waals surface area (Å²) in [4.78, 5) is 23.6. The van der Waals surface area contributed by atoms with Crippen LogP contribution in [0.15, 0.2) is 71.2 Å². The van der Waals surface area contributed by atoms with Crippen molar-refractivity contribution in [2.24, 2.45) is 0 Å². The molecule has 0 saturated carbocycles. The number of rotatable bonds is 5. The Morgan fingerprint density at radius 3 is 2.52 bits per heavy atom. The molecule has 23 heavy (non-hydrogen) atoms. The summed E-state index contributed by atoms with van der Waals surface area (Å²) in [7, 11) is 0. The predicted octanol–water partition coefficient (Wildman–Crippen LogP) is 3.87. The monoisotopic (exact) mass is 306 g/mol. The van der Waals surface area contributed by atoms with Gasteiger partial charge in [0.15, 0.2) is 12.4 Å². The number of furan rings is 1. The van der Waals surface area contributed by atoms with Gasteiger partial charge >= 0.3 is 5.97 Å². The Morgan fingerprint density at radius 1 is 1.00 bits per heavy atom. The fraction of sp³-hybridized carbons (Fsp3) is 0.0526. The number of hydrogen-bond acceptors (Lipinski definition) is 4. The standard InChI is InChI=1S/C19H14O4/c20-16(18-12-15-8-4-5-9-17(15)23-18)13-22-19(21)11-10-14-6-2-1-3-7-14/h1-12H,13H2/b11-10+. The van der Waals surface area contributed by atoms with Gasteiger partial charge in [0, 0.05) is 11.5 Å². The molecule has 0 N–H and O–H groups in total. The first kappa shape index (κ1) is 14.8. The van der Waals surface area contributed by atoms with Crippen molar-refractivity contribution < 1.29 is 18.7 Å². The van der Waals surface area contributed by atoms with Crippen molar-refractivity contribution in [3.05, 3.63) is 78.1 Å². The summed E-state index contributed by atoms with van der Waals surface area (Å²) in [5.41, 5.74) is 1.51. The number of benzene rings is 2. The molecule has 4 nitrogen and oxygen atoms in total. The second-order valence-electron chi connectivity index (χ2n) is 4.92. The number of ether oxygens (including phenoxy) is 1. The number of para-hydroxylation sites is 1. The van der Waals surface area contributed by atoms with Gasteiger partial charge in [0.05, 0.1) is 0 Å². The molecule has 0 atom stereocenters. The lowest BCUT2D eigenvalue weighted by atomic mass is 10.2. The van der Waals surface area contributed by atoms with E-state index in [9.17, 15) is 9.59 Å². The smallest absolute Gasteiger partial charge is 0.331 e. The van der Waals surface area contributed by atoms with Gasteiger partial charge in [-0.25, -0.2) is 4.79 Å². The van der Waals surface area contributed by atoms with E-state index in [1.165, 1.54) is 6.08 Å². The number of esters is 1. The van der Waals surface area contributed by atoms with Crippen molar-refractivity contribution in [2.75, 3.05) is 6.61 Å². The molecule has 1 heterocycles.